The first-order chi connectivity index (χ1) is 8.68. The highest BCUT2D eigenvalue weighted by Crippen LogP contribution is 2.23. The van der Waals surface area contributed by atoms with E-state index in [4.69, 9.17) is 0 Å². The first-order valence-electron chi connectivity index (χ1n) is 6.89. The molecule has 0 amide bonds. The van der Waals surface area contributed by atoms with Gasteiger partial charge in [-0.25, -0.2) is 0 Å². The Labute approximate surface area is 110 Å². The van der Waals surface area contributed by atoms with Gasteiger partial charge in [-0.05, 0) is 39.4 Å². The second-order valence-electron chi connectivity index (χ2n) is 5.27. The summed E-state index contributed by atoms with van der Waals surface area (Å²) in [6, 6.07) is 8.63. The largest absolute Gasteiger partial charge is 0.389 e. The molecule has 1 fully saturated rings. The minimum absolute atomic E-state index is 0.419. The molecule has 0 saturated carbocycles. The molecule has 1 saturated heterocycles. The van der Waals surface area contributed by atoms with Crippen LogP contribution in [0.2, 0.25) is 0 Å². The maximum absolute atomic E-state index is 9.74. The van der Waals surface area contributed by atoms with Crippen LogP contribution in [0.15, 0.2) is 24.3 Å². The second-order valence-corrected chi connectivity index (χ2v) is 5.27. The topological polar surface area (TPSA) is 35.5 Å². The number of piperidine rings is 1. The van der Waals surface area contributed by atoms with Crippen molar-refractivity contribution in [3.63, 3.8) is 0 Å². The van der Waals surface area contributed by atoms with E-state index >= 15 is 0 Å². The van der Waals surface area contributed by atoms with Gasteiger partial charge in [-0.15, -0.1) is 0 Å². The SMILES string of the molecule is CC(O)c1ccccc1NCC1CCCCN1C. The first kappa shape index (κ1) is 13.4. The summed E-state index contributed by atoms with van der Waals surface area (Å²) >= 11 is 0. The third-order valence-corrected chi connectivity index (χ3v) is 3.86. The number of hydrogen-bond acceptors (Lipinski definition) is 3. The van der Waals surface area contributed by atoms with Crippen LogP contribution in [0, 0.1) is 0 Å². The smallest absolute Gasteiger partial charge is 0.0781 e. The zero-order valence-corrected chi connectivity index (χ0v) is 11.4. The Bertz CT molecular complexity index is 379. The van der Waals surface area contributed by atoms with Crippen molar-refractivity contribution in [1.82, 2.24) is 4.90 Å². The van der Waals surface area contributed by atoms with Gasteiger partial charge in [-0.2, -0.15) is 0 Å². The summed E-state index contributed by atoms with van der Waals surface area (Å²) in [5.41, 5.74) is 2.04. The molecule has 100 valence electrons. The van der Waals surface area contributed by atoms with Crippen molar-refractivity contribution in [1.29, 1.82) is 0 Å². The molecule has 0 aromatic heterocycles. The summed E-state index contributed by atoms with van der Waals surface area (Å²) in [4.78, 5) is 2.43. The molecule has 1 aromatic rings. The van der Waals surface area contributed by atoms with E-state index in [1.54, 1.807) is 0 Å². The Hall–Kier alpha value is -1.06. The molecule has 0 aliphatic carbocycles. The normalized spacial score (nSPS) is 22.7. The molecule has 1 aromatic carbocycles. The molecule has 2 N–H and O–H groups in total. The lowest BCUT2D eigenvalue weighted by Gasteiger charge is -2.33. The monoisotopic (exact) mass is 248 g/mol. The van der Waals surface area contributed by atoms with Crippen LogP contribution in [0.25, 0.3) is 0 Å². The van der Waals surface area contributed by atoms with Gasteiger partial charge >= 0.3 is 0 Å². The van der Waals surface area contributed by atoms with Crippen molar-refractivity contribution >= 4 is 5.69 Å². The lowest BCUT2D eigenvalue weighted by molar-refractivity contribution is 0.193. The predicted octanol–water partition coefficient (Wildman–Crippen LogP) is 2.64. The molecule has 1 aliphatic heterocycles. The van der Waals surface area contributed by atoms with Crippen LogP contribution < -0.4 is 5.32 Å². The van der Waals surface area contributed by atoms with E-state index in [1.807, 2.05) is 31.2 Å². The van der Waals surface area contributed by atoms with E-state index in [1.165, 1.54) is 25.8 Å². The summed E-state index contributed by atoms with van der Waals surface area (Å²) < 4.78 is 0. The fraction of sp³-hybridized carbons (Fsp3) is 0.600. The highest BCUT2D eigenvalue weighted by atomic mass is 16.3. The fourth-order valence-electron chi connectivity index (χ4n) is 2.65. The molecule has 18 heavy (non-hydrogen) atoms. The van der Waals surface area contributed by atoms with Gasteiger partial charge in [0.25, 0.3) is 0 Å². The Morgan fingerprint density at radius 1 is 1.39 bits per heavy atom. The van der Waals surface area contributed by atoms with Crippen molar-refractivity contribution in [3.8, 4) is 0 Å². The highest BCUT2D eigenvalue weighted by Gasteiger charge is 2.18. The zero-order valence-electron chi connectivity index (χ0n) is 11.4. The molecule has 0 bridgehead atoms. The molecule has 2 atom stereocenters. The number of anilines is 1. The molecule has 1 aliphatic rings. The van der Waals surface area contributed by atoms with E-state index in [9.17, 15) is 5.11 Å². The van der Waals surface area contributed by atoms with Gasteiger partial charge in [0.05, 0.1) is 6.10 Å². The van der Waals surface area contributed by atoms with Crippen LogP contribution in [-0.4, -0.2) is 36.2 Å². The van der Waals surface area contributed by atoms with Gasteiger partial charge in [0.2, 0.25) is 0 Å². The fourth-order valence-corrected chi connectivity index (χ4v) is 2.65. The Morgan fingerprint density at radius 3 is 2.89 bits per heavy atom. The Balaban J connectivity index is 1.97. The van der Waals surface area contributed by atoms with E-state index in [-0.39, 0.29) is 0 Å². The maximum Gasteiger partial charge on any atom is 0.0781 e. The molecule has 1 heterocycles. The number of benzene rings is 1. The number of hydrogen-bond donors (Lipinski definition) is 2. The molecule has 2 rings (SSSR count). The standard InChI is InChI=1S/C15H24N2O/c1-12(18)14-8-3-4-9-15(14)16-11-13-7-5-6-10-17(13)2/h3-4,8-9,12-13,16,18H,5-7,10-11H2,1-2H3. The Morgan fingerprint density at radius 2 is 2.17 bits per heavy atom. The molecule has 2 unspecified atom stereocenters. The quantitative estimate of drug-likeness (QED) is 0.860. The average molecular weight is 248 g/mol. The van der Waals surface area contributed by atoms with Crippen LogP contribution in [0.1, 0.15) is 37.9 Å². The molecule has 0 spiro atoms. The minimum atomic E-state index is -0.419. The summed E-state index contributed by atoms with van der Waals surface area (Å²) in [5.74, 6) is 0. The lowest BCUT2D eigenvalue weighted by Crippen LogP contribution is -2.40. The van der Waals surface area contributed by atoms with E-state index in [0.717, 1.165) is 17.8 Å². The van der Waals surface area contributed by atoms with Gasteiger partial charge in [0, 0.05) is 23.8 Å². The summed E-state index contributed by atoms with van der Waals surface area (Å²) in [7, 11) is 2.20. The van der Waals surface area contributed by atoms with Crippen LogP contribution in [0.3, 0.4) is 0 Å². The number of likely N-dealkylation sites (tertiary alicyclic amines) is 1. The first-order valence-corrected chi connectivity index (χ1v) is 6.89. The zero-order chi connectivity index (χ0) is 13.0. The van der Waals surface area contributed by atoms with Crippen LogP contribution in [-0.2, 0) is 0 Å². The van der Waals surface area contributed by atoms with Crippen molar-refractivity contribution in [2.75, 3.05) is 25.5 Å². The van der Waals surface area contributed by atoms with Crippen LogP contribution >= 0.6 is 0 Å². The third-order valence-electron chi connectivity index (χ3n) is 3.86. The number of likely N-dealkylation sites (N-methyl/N-ethyl adjacent to an activating group) is 1. The molecule has 3 heteroatoms. The van der Waals surface area contributed by atoms with Gasteiger partial charge in [0.15, 0.2) is 0 Å². The van der Waals surface area contributed by atoms with Crippen LogP contribution in [0.5, 0.6) is 0 Å². The lowest BCUT2D eigenvalue weighted by atomic mass is 10.0. The highest BCUT2D eigenvalue weighted by molar-refractivity contribution is 5.52. The number of nitrogens with zero attached hydrogens (tertiary/aromatic N) is 1. The molecule has 0 radical (unpaired) electrons. The van der Waals surface area contributed by atoms with Crippen molar-refractivity contribution < 1.29 is 5.11 Å². The molecular weight excluding hydrogens is 224 g/mol. The van der Waals surface area contributed by atoms with E-state index in [0.29, 0.717) is 6.04 Å². The molecular formula is C15H24N2O. The summed E-state index contributed by atoms with van der Waals surface area (Å²) in [5, 5.41) is 13.2. The minimum Gasteiger partial charge on any atom is -0.389 e. The third kappa shape index (κ3) is 3.24. The van der Waals surface area contributed by atoms with Gasteiger partial charge in [0.1, 0.15) is 0 Å². The molecule has 3 nitrogen and oxygen atoms in total. The van der Waals surface area contributed by atoms with Gasteiger partial charge in [-0.1, -0.05) is 24.6 Å². The Kier molecular flexibility index (Phi) is 4.61. The predicted molar refractivity (Wildman–Crippen MR) is 75.8 cm³/mol. The number of para-hydroxylation sites is 1. The summed E-state index contributed by atoms with van der Waals surface area (Å²) in [6.45, 7) is 3.97. The maximum atomic E-state index is 9.74. The van der Waals surface area contributed by atoms with Crippen molar-refractivity contribution in [3.05, 3.63) is 29.8 Å². The average Bonchev–Trinajstić information content (AvgIpc) is 2.38. The number of nitrogens with one attached hydrogen (secondary N) is 1. The second kappa shape index (κ2) is 6.21. The number of aliphatic hydroxyl groups excluding tert-OH is 1. The van der Waals surface area contributed by atoms with Gasteiger partial charge < -0.3 is 15.3 Å². The number of aliphatic hydroxyl groups is 1. The van der Waals surface area contributed by atoms with Crippen molar-refractivity contribution in [2.45, 2.75) is 38.3 Å². The summed E-state index contributed by atoms with van der Waals surface area (Å²) in [6.07, 6.45) is 3.49. The van der Waals surface area contributed by atoms with E-state index < -0.39 is 6.10 Å². The van der Waals surface area contributed by atoms with Crippen molar-refractivity contribution in [2.24, 2.45) is 0 Å². The van der Waals surface area contributed by atoms with Gasteiger partial charge in [-0.3, -0.25) is 0 Å². The number of rotatable bonds is 4. The van der Waals surface area contributed by atoms with Crippen LogP contribution in [0.4, 0.5) is 5.69 Å². The van der Waals surface area contributed by atoms with E-state index in [2.05, 4.69) is 17.3 Å².